The SMILES string of the molecule is OB(O)c1cc(-c2ccc3c(c2)c2ccccc2n3-c2ccccc2)cc(-c2ccc3c(c2)c2ccccc2n3-c2ccccc2)c1. The average Bonchev–Trinajstić information content (AvgIpc) is 3.64. The van der Waals surface area contributed by atoms with Gasteiger partial charge in [-0.3, -0.25) is 0 Å². The lowest BCUT2D eigenvalue weighted by atomic mass is 9.77. The van der Waals surface area contributed by atoms with Crippen LogP contribution in [0.4, 0.5) is 0 Å². The molecule has 9 rings (SSSR count). The summed E-state index contributed by atoms with van der Waals surface area (Å²) in [7, 11) is -1.60. The van der Waals surface area contributed by atoms with Crippen LogP contribution in [0, 0.1) is 0 Å². The Balaban J connectivity index is 1.23. The van der Waals surface area contributed by atoms with Crippen molar-refractivity contribution in [2.75, 3.05) is 0 Å². The summed E-state index contributed by atoms with van der Waals surface area (Å²) in [6.07, 6.45) is 0. The smallest absolute Gasteiger partial charge is 0.423 e. The zero-order valence-corrected chi connectivity index (χ0v) is 25.5. The molecule has 0 aliphatic carbocycles. The summed E-state index contributed by atoms with van der Waals surface area (Å²) in [5, 5.41) is 25.4. The predicted octanol–water partition coefficient (Wildman–Crippen LogP) is 8.89. The van der Waals surface area contributed by atoms with Crippen LogP contribution in [0.25, 0.3) is 77.2 Å². The van der Waals surface area contributed by atoms with E-state index in [0.717, 1.165) is 66.5 Å². The van der Waals surface area contributed by atoms with Crippen LogP contribution in [0.2, 0.25) is 0 Å². The maximum absolute atomic E-state index is 10.4. The van der Waals surface area contributed by atoms with Gasteiger partial charge in [0.05, 0.1) is 22.1 Å². The van der Waals surface area contributed by atoms with Crippen LogP contribution >= 0.6 is 0 Å². The Kier molecular flexibility index (Phi) is 6.35. The quantitative estimate of drug-likeness (QED) is 0.193. The lowest BCUT2D eigenvalue weighted by Crippen LogP contribution is -2.29. The van der Waals surface area contributed by atoms with E-state index in [1.165, 1.54) is 10.8 Å². The van der Waals surface area contributed by atoms with Gasteiger partial charge < -0.3 is 19.2 Å². The molecule has 0 atom stereocenters. The summed E-state index contributed by atoms with van der Waals surface area (Å²) in [6.45, 7) is 0. The van der Waals surface area contributed by atoms with Gasteiger partial charge in [0.1, 0.15) is 0 Å². The van der Waals surface area contributed by atoms with Gasteiger partial charge in [0.25, 0.3) is 0 Å². The Morgan fingerprint density at radius 2 is 0.745 bits per heavy atom. The van der Waals surface area contributed by atoms with E-state index in [-0.39, 0.29) is 0 Å². The van der Waals surface area contributed by atoms with Crippen LogP contribution in [0.15, 0.2) is 164 Å². The molecule has 9 aromatic rings. The van der Waals surface area contributed by atoms with Crippen molar-refractivity contribution in [2.45, 2.75) is 0 Å². The van der Waals surface area contributed by atoms with Crippen molar-refractivity contribution in [3.63, 3.8) is 0 Å². The number of fused-ring (bicyclic) bond motifs is 6. The highest BCUT2D eigenvalue weighted by molar-refractivity contribution is 6.58. The van der Waals surface area contributed by atoms with Crippen molar-refractivity contribution in [1.82, 2.24) is 9.13 Å². The second-order valence-corrected chi connectivity index (χ2v) is 12.1. The molecular formula is C42H29BN2O2. The molecule has 0 spiro atoms. The zero-order chi connectivity index (χ0) is 31.5. The molecule has 222 valence electrons. The first-order valence-electron chi connectivity index (χ1n) is 15.8. The Labute approximate surface area is 272 Å². The summed E-state index contributed by atoms with van der Waals surface area (Å²) in [5.74, 6) is 0. The molecular weight excluding hydrogens is 575 g/mol. The van der Waals surface area contributed by atoms with Crippen molar-refractivity contribution in [3.8, 4) is 33.6 Å². The Morgan fingerprint density at radius 3 is 1.19 bits per heavy atom. The van der Waals surface area contributed by atoms with Gasteiger partial charge in [-0.25, -0.2) is 0 Å². The van der Waals surface area contributed by atoms with Crippen molar-refractivity contribution in [2.24, 2.45) is 0 Å². The molecule has 0 radical (unpaired) electrons. The van der Waals surface area contributed by atoms with Crippen molar-refractivity contribution < 1.29 is 10.0 Å². The molecule has 2 N–H and O–H groups in total. The van der Waals surface area contributed by atoms with Crippen LogP contribution < -0.4 is 5.46 Å². The van der Waals surface area contributed by atoms with E-state index in [2.05, 4.69) is 149 Å². The lowest BCUT2D eigenvalue weighted by molar-refractivity contribution is 0.426. The third-order valence-corrected chi connectivity index (χ3v) is 9.29. The number of para-hydroxylation sites is 4. The Morgan fingerprint density at radius 1 is 0.340 bits per heavy atom. The summed E-state index contributed by atoms with van der Waals surface area (Å²) in [6, 6.07) is 56.8. The van der Waals surface area contributed by atoms with Crippen LogP contribution in [-0.2, 0) is 0 Å². The summed E-state index contributed by atoms with van der Waals surface area (Å²) < 4.78 is 4.60. The van der Waals surface area contributed by atoms with E-state index in [1.807, 2.05) is 24.3 Å². The molecule has 0 aliphatic heterocycles. The Bertz CT molecular complexity index is 2430. The summed E-state index contributed by atoms with van der Waals surface area (Å²) in [5.41, 5.74) is 11.1. The summed E-state index contributed by atoms with van der Waals surface area (Å²) >= 11 is 0. The normalized spacial score (nSPS) is 11.6. The molecule has 0 saturated carbocycles. The molecule has 47 heavy (non-hydrogen) atoms. The van der Waals surface area contributed by atoms with E-state index in [4.69, 9.17) is 0 Å². The highest BCUT2D eigenvalue weighted by atomic mass is 16.4. The summed E-state index contributed by atoms with van der Waals surface area (Å²) in [4.78, 5) is 0. The number of rotatable bonds is 5. The minimum Gasteiger partial charge on any atom is -0.423 e. The first-order valence-corrected chi connectivity index (χ1v) is 15.8. The van der Waals surface area contributed by atoms with E-state index >= 15 is 0 Å². The number of nitrogens with zero attached hydrogens (tertiary/aromatic N) is 2. The fraction of sp³-hybridized carbons (Fsp3) is 0. The fourth-order valence-corrected chi connectivity index (χ4v) is 7.15. The number of hydrogen-bond acceptors (Lipinski definition) is 2. The fourth-order valence-electron chi connectivity index (χ4n) is 7.15. The van der Waals surface area contributed by atoms with Gasteiger partial charge >= 0.3 is 7.12 Å². The molecule has 0 unspecified atom stereocenters. The molecule has 0 aliphatic rings. The molecule has 0 fully saturated rings. The molecule has 7 aromatic carbocycles. The molecule has 2 aromatic heterocycles. The zero-order valence-electron chi connectivity index (χ0n) is 25.5. The molecule has 0 bridgehead atoms. The number of hydrogen-bond donors (Lipinski definition) is 2. The van der Waals surface area contributed by atoms with Crippen LogP contribution in [-0.4, -0.2) is 26.3 Å². The highest BCUT2D eigenvalue weighted by Gasteiger charge is 2.18. The predicted molar refractivity (Wildman–Crippen MR) is 196 cm³/mol. The van der Waals surface area contributed by atoms with Crippen molar-refractivity contribution in [3.05, 3.63) is 164 Å². The molecule has 0 amide bonds. The monoisotopic (exact) mass is 604 g/mol. The second-order valence-electron chi connectivity index (χ2n) is 12.1. The van der Waals surface area contributed by atoms with E-state index < -0.39 is 7.12 Å². The van der Waals surface area contributed by atoms with Gasteiger partial charge in [-0.05, 0) is 94.4 Å². The topological polar surface area (TPSA) is 50.3 Å². The first kappa shape index (κ1) is 27.4. The third-order valence-electron chi connectivity index (χ3n) is 9.29. The maximum Gasteiger partial charge on any atom is 0.488 e. The van der Waals surface area contributed by atoms with Gasteiger partial charge in [0.2, 0.25) is 0 Å². The Hall–Kier alpha value is -5.88. The average molecular weight is 605 g/mol. The molecule has 5 heteroatoms. The third kappa shape index (κ3) is 4.48. The lowest BCUT2D eigenvalue weighted by Gasteiger charge is -2.12. The molecule has 0 saturated heterocycles. The van der Waals surface area contributed by atoms with Crippen molar-refractivity contribution in [1.29, 1.82) is 0 Å². The minimum atomic E-state index is -1.60. The van der Waals surface area contributed by atoms with E-state index in [9.17, 15) is 10.0 Å². The van der Waals surface area contributed by atoms with Gasteiger partial charge in [-0.2, -0.15) is 0 Å². The minimum absolute atomic E-state index is 0.455. The van der Waals surface area contributed by atoms with E-state index in [1.54, 1.807) is 0 Å². The van der Waals surface area contributed by atoms with E-state index in [0.29, 0.717) is 5.46 Å². The first-order chi connectivity index (χ1) is 23.1. The van der Waals surface area contributed by atoms with Gasteiger partial charge in [-0.15, -0.1) is 0 Å². The van der Waals surface area contributed by atoms with Gasteiger partial charge in [0, 0.05) is 32.9 Å². The molecule has 2 heterocycles. The number of benzene rings is 7. The van der Waals surface area contributed by atoms with Gasteiger partial charge in [0.15, 0.2) is 0 Å². The molecule has 4 nitrogen and oxygen atoms in total. The largest absolute Gasteiger partial charge is 0.488 e. The second kappa shape index (κ2) is 10.9. The van der Waals surface area contributed by atoms with Crippen molar-refractivity contribution >= 4 is 56.2 Å². The van der Waals surface area contributed by atoms with Crippen LogP contribution in [0.1, 0.15) is 0 Å². The maximum atomic E-state index is 10.4. The number of aromatic nitrogens is 2. The van der Waals surface area contributed by atoms with Gasteiger partial charge in [-0.1, -0.05) is 97.1 Å². The highest BCUT2D eigenvalue weighted by Crippen LogP contribution is 2.38. The van der Waals surface area contributed by atoms with Crippen LogP contribution in [0.3, 0.4) is 0 Å². The van der Waals surface area contributed by atoms with Crippen LogP contribution in [0.5, 0.6) is 0 Å². The standard InChI is InChI=1S/C42H29BN2O2/c46-43(47)32-24-30(28-19-21-41-37(26-28)35-15-7-9-17-39(35)44(41)33-11-3-1-4-12-33)23-31(25-32)29-20-22-42-38(27-29)36-16-8-10-18-40(36)45(42)34-13-5-2-6-14-34/h1-27,46-47H.